The predicted molar refractivity (Wildman–Crippen MR) is 107 cm³/mol. The molecule has 2 rings (SSSR count). The van der Waals surface area contributed by atoms with Gasteiger partial charge in [0, 0.05) is 25.0 Å². The first-order valence-electron chi connectivity index (χ1n) is 8.89. The van der Waals surface area contributed by atoms with Crippen molar-refractivity contribution >= 4 is 29.1 Å². The van der Waals surface area contributed by atoms with Gasteiger partial charge in [-0.25, -0.2) is 0 Å². The molecule has 1 aromatic heterocycles. The molecule has 0 N–H and O–H groups in total. The van der Waals surface area contributed by atoms with Gasteiger partial charge in [0.1, 0.15) is 5.75 Å². The van der Waals surface area contributed by atoms with Crippen LogP contribution in [0.3, 0.4) is 0 Å². The van der Waals surface area contributed by atoms with Crippen LogP contribution in [-0.4, -0.2) is 33.9 Å². The maximum Gasteiger partial charge on any atom is 0.256 e. The van der Waals surface area contributed by atoms with Gasteiger partial charge in [-0.2, -0.15) is 0 Å². The maximum atomic E-state index is 12.4. The van der Waals surface area contributed by atoms with Crippen molar-refractivity contribution in [1.82, 2.24) is 9.47 Å². The lowest BCUT2D eigenvalue weighted by Gasteiger charge is -2.24. The fourth-order valence-corrected chi connectivity index (χ4v) is 3.14. The number of nitrogens with zero attached hydrogens (tertiary/aromatic N) is 2. The molecular formula is C20H26Cl2N2O2. The minimum absolute atomic E-state index is 0.237. The van der Waals surface area contributed by atoms with Gasteiger partial charge in [-0.15, -0.1) is 0 Å². The molecule has 0 fully saturated rings. The van der Waals surface area contributed by atoms with E-state index in [-0.39, 0.29) is 5.91 Å². The molecule has 0 aliphatic heterocycles. The highest BCUT2D eigenvalue weighted by Crippen LogP contribution is 2.17. The van der Waals surface area contributed by atoms with E-state index in [1.54, 1.807) is 12.0 Å². The smallest absolute Gasteiger partial charge is 0.256 e. The highest BCUT2D eigenvalue weighted by Gasteiger charge is 2.21. The molecule has 142 valence electrons. The Bertz CT molecular complexity index is 701. The van der Waals surface area contributed by atoms with Crippen molar-refractivity contribution in [3.05, 3.63) is 53.9 Å². The number of carbonyl (C=O) groups excluding carboxylic acids is 1. The van der Waals surface area contributed by atoms with Gasteiger partial charge >= 0.3 is 0 Å². The Hall–Kier alpha value is -1.65. The molecule has 26 heavy (non-hydrogen) atoms. The fraction of sp³-hybridized carbons (Fsp3) is 0.450. The number of alkyl halides is 2. The molecule has 0 saturated heterocycles. The minimum atomic E-state index is -1.03. The average molecular weight is 397 g/mol. The molecule has 0 aliphatic carbocycles. The van der Waals surface area contributed by atoms with E-state index in [1.165, 1.54) is 0 Å². The number of ether oxygens (including phenoxy) is 1. The monoisotopic (exact) mass is 396 g/mol. The van der Waals surface area contributed by atoms with Gasteiger partial charge in [-0.05, 0) is 36.2 Å². The molecule has 0 unspecified atom stereocenters. The van der Waals surface area contributed by atoms with Crippen LogP contribution in [0, 0.1) is 0 Å². The van der Waals surface area contributed by atoms with Crippen molar-refractivity contribution in [3.63, 3.8) is 0 Å². The summed E-state index contributed by atoms with van der Waals surface area (Å²) < 4.78 is 7.42. The van der Waals surface area contributed by atoms with E-state index in [0.29, 0.717) is 19.6 Å². The largest absolute Gasteiger partial charge is 0.497 e. The number of amides is 1. The number of hydrogen-bond acceptors (Lipinski definition) is 2. The Morgan fingerprint density at radius 3 is 2.73 bits per heavy atom. The summed E-state index contributed by atoms with van der Waals surface area (Å²) in [5.41, 5.74) is 2.19. The second-order valence-corrected chi connectivity index (χ2v) is 7.34. The van der Waals surface area contributed by atoms with Gasteiger partial charge in [0.2, 0.25) is 0 Å². The fourth-order valence-electron chi connectivity index (χ4n) is 2.87. The van der Waals surface area contributed by atoms with E-state index in [0.717, 1.165) is 36.3 Å². The molecule has 1 aromatic carbocycles. The van der Waals surface area contributed by atoms with E-state index in [1.807, 2.05) is 36.5 Å². The van der Waals surface area contributed by atoms with E-state index in [2.05, 4.69) is 17.6 Å². The third-order valence-electron chi connectivity index (χ3n) is 4.29. The summed E-state index contributed by atoms with van der Waals surface area (Å²) in [5.74, 6) is 0.596. The first-order chi connectivity index (χ1) is 12.5. The van der Waals surface area contributed by atoms with Crippen LogP contribution < -0.4 is 4.74 Å². The Kier molecular flexibility index (Phi) is 8.33. The number of aromatic nitrogens is 1. The Morgan fingerprint density at radius 1 is 1.23 bits per heavy atom. The zero-order chi connectivity index (χ0) is 18.9. The van der Waals surface area contributed by atoms with Gasteiger partial charge in [0.15, 0.2) is 4.84 Å². The molecule has 1 amide bonds. The predicted octanol–water partition coefficient (Wildman–Crippen LogP) is 4.87. The van der Waals surface area contributed by atoms with Crippen LogP contribution in [0.15, 0.2) is 42.6 Å². The average Bonchev–Trinajstić information content (AvgIpc) is 3.07. The van der Waals surface area contributed by atoms with Crippen molar-refractivity contribution in [1.29, 1.82) is 0 Å². The summed E-state index contributed by atoms with van der Waals surface area (Å²) in [6.45, 7) is 4.00. The molecular weight excluding hydrogens is 371 g/mol. The first-order valence-corrected chi connectivity index (χ1v) is 9.76. The van der Waals surface area contributed by atoms with E-state index in [9.17, 15) is 4.79 Å². The van der Waals surface area contributed by atoms with Crippen molar-refractivity contribution in [3.8, 4) is 5.75 Å². The van der Waals surface area contributed by atoms with Gasteiger partial charge in [-0.3, -0.25) is 4.79 Å². The molecule has 6 heteroatoms. The lowest BCUT2D eigenvalue weighted by Crippen LogP contribution is -2.35. The van der Waals surface area contributed by atoms with Crippen LogP contribution >= 0.6 is 23.2 Å². The standard InChI is InChI=1S/C20H26Cl2N2O2/c1-3-4-5-11-24(20(25)19(21)22)15-17-9-7-12-23(17)14-16-8-6-10-18(13-16)26-2/h6-10,12-13,19H,3-5,11,14-15H2,1-2H3. The number of unbranched alkanes of at least 4 members (excludes halogenated alkanes) is 2. The zero-order valence-electron chi connectivity index (χ0n) is 15.3. The van der Waals surface area contributed by atoms with Gasteiger partial charge in [-0.1, -0.05) is 55.1 Å². The van der Waals surface area contributed by atoms with Crippen LogP contribution in [0.4, 0.5) is 0 Å². The lowest BCUT2D eigenvalue weighted by molar-refractivity contribution is -0.130. The minimum Gasteiger partial charge on any atom is -0.497 e. The number of methoxy groups -OCH3 is 1. The Balaban J connectivity index is 2.11. The molecule has 0 spiro atoms. The maximum absolute atomic E-state index is 12.4. The van der Waals surface area contributed by atoms with E-state index in [4.69, 9.17) is 27.9 Å². The van der Waals surface area contributed by atoms with Gasteiger partial charge < -0.3 is 14.2 Å². The molecule has 2 aromatic rings. The molecule has 0 saturated carbocycles. The van der Waals surface area contributed by atoms with Crippen molar-refractivity contribution < 1.29 is 9.53 Å². The molecule has 4 nitrogen and oxygen atoms in total. The summed E-state index contributed by atoms with van der Waals surface area (Å²) in [4.78, 5) is 13.1. The van der Waals surface area contributed by atoms with Crippen LogP contribution in [0.25, 0.3) is 0 Å². The van der Waals surface area contributed by atoms with Crippen LogP contribution in [0.5, 0.6) is 5.75 Å². The summed E-state index contributed by atoms with van der Waals surface area (Å²) in [7, 11) is 1.66. The molecule has 0 bridgehead atoms. The third kappa shape index (κ3) is 5.96. The summed E-state index contributed by atoms with van der Waals surface area (Å²) in [5, 5.41) is 0. The highest BCUT2D eigenvalue weighted by atomic mass is 35.5. The zero-order valence-corrected chi connectivity index (χ0v) is 16.8. The van der Waals surface area contributed by atoms with Crippen molar-refractivity contribution in [2.45, 2.75) is 44.1 Å². The van der Waals surface area contributed by atoms with Crippen LogP contribution in [0.2, 0.25) is 0 Å². The molecule has 0 radical (unpaired) electrons. The summed E-state index contributed by atoms with van der Waals surface area (Å²) in [6.07, 6.45) is 5.13. The second-order valence-electron chi connectivity index (χ2n) is 6.25. The summed E-state index contributed by atoms with van der Waals surface area (Å²) in [6, 6.07) is 12.0. The number of carbonyl (C=O) groups is 1. The van der Waals surface area contributed by atoms with Gasteiger partial charge in [0.25, 0.3) is 5.91 Å². The van der Waals surface area contributed by atoms with E-state index < -0.39 is 4.84 Å². The Labute approximate surface area is 165 Å². The number of benzene rings is 1. The first kappa shape index (κ1) is 20.7. The summed E-state index contributed by atoms with van der Waals surface area (Å²) >= 11 is 11.7. The second kappa shape index (κ2) is 10.5. The van der Waals surface area contributed by atoms with E-state index >= 15 is 0 Å². The molecule has 1 heterocycles. The Morgan fingerprint density at radius 2 is 2.04 bits per heavy atom. The van der Waals surface area contributed by atoms with Crippen molar-refractivity contribution in [2.24, 2.45) is 0 Å². The van der Waals surface area contributed by atoms with Gasteiger partial charge in [0.05, 0.1) is 13.7 Å². The van der Waals surface area contributed by atoms with Crippen LogP contribution in [0.1, 0.15) is 37.4 Å². The SMILES string of the molecule is CCCCCN(Cc1cccn1Cc1cccc(OC)c1)C(=O)C(Cl)Cl. The number of halogens is 2. The highest BCUT2D eigenvalue weighted by molar-refractivity contribution is 6.53. The number of rotatable bonds is 10. The topological polar surface area (TPSA) is 34.5 Å². The van der Waals surface area contributed by atoms with Crippen molar-refractivity contribution in [2.75, 3.05) is 13.7 Å². The third-order valence-corrected chi connectivity index (χ3v) is 4.67. The molecule has 0 aliphatic rings. The normalized spacial score (nSPS) is 11.0. The lowest BCUT2D eigenvalue weighted by atomic mass is 10.2. The number of hydrogen-bond donors (Lipinski definition) is 0. The van der Waals surface area contributed by atoms with Crippen LogP contribution in [-0.2, 0) is 17.9 Å². The quantitative estimate of drug-likeness (QED) is 0.424. The molecule has 0 atom stereocenters.